The molecule has 0 N–H and O–H groups in total. The van der Waals surface area contributed by atoms with Crippen molar-refractivity contribution in [2.45, 2.75) is 0 Å². The molecule has 0 heterocycles. The van der Waals surface area contributed by atoms with Gasteiger partial charge in [-0.3, -0.25) is 0 Å². The van der Waals surface area contributed by atoms with Crippen LogP contribution in [0.3, 0.4) is 0 Å². The first kappa shape index (κ1) is 19.4. The summed E-state index contributed by atoms with van der Waals surface area (Å²) in [6.45, 7) is 0. The quantitative estimate of drug-likeness (QED) is 0.533. The van der Waals surface area contributed by atoms with Crippen LogP contribution in [0.1, 0.15) is 0 Å². The van der Waals surface area contributed by atoms with E-state index < -0.39 is 0 Å². The maximum atomic E-state index is 2.00. The van der Waals surface area contributed by atoms with Crippen LogP contribution in [0.4, 0.5) is 0 Å². The minimum Gasteiger partial charge on any atom is -0.358 e. The van der Waals surface area contributed by atoms with E-state index in [2.05, 4.69) is 0 Å². The number of rotatable bonds is 0. The van der Waals surface area contributed by atoms with Gasteiger partial charge < -0.3 is 14.9 Å². The molecule has 0 unspecified atom stereocenters. The van der Waals surface area contributed by atoms with E-state index in [0.29, 0.717) is 0 Å². The zero-order chi connectivity index (χ0) is 7.07. The molecule has 0 nitrogen and oxygen atoms in total. The summed E-state index contributed by atoms with van der Waals surface area (Å²) in [5.74, 6) is 0. The number of hydrogen-bond acceptors (Lipinski definition) is 0. The summed E-state index contributed by atoms with van der Waals surface area (Å²) >= 11 is 0. The molecule has 0 amide bonds. The Hall–Kier alpha value is 0.870. The SMILES string of the molecule is [CH3-].[CH3-].[CH]1[CH][CH][CH][CH]1.[CH]1[CH][CH][CH][CH]1.[Sc]. The van der Waals surface area contributed by atoms with Gasteiger partial charge in [-0.25, -0.2) is 0 Å². The second-order valence-corrected chi connectivity index (χ2v) is 1.92. The molecule has 0 aromatic carbocycles. The molecule has 0 aromatic rings. The molecule has 0 aromatic heterocycles. The first-order chi connectivity index (χ1) is 5.00. The maximum Gasteiger partial charge on any atom is 0 e. The van der Waals surface area contributed by atoms with Gasteiger partial charge in [0.25, 0.3) is 0 Å². The molecule has 2 aliphatic carbocycles. The average Bonchev–Trinajstić information content (AvgIpc) is 2.67. The van der Waals surface area contributed by atoms with Gasteiger partial charge in [0.05, 0.1) is 0 Å². The first-order valence-electron chi connectivity index (χ1n) is 3.33. The van der Waals surface area contributed by atoms with Crippen LogP contribution < -0.4 is 0 Å². The molecule has 0 saturated heterocycles. The zero-order valence-electron chi connectivity index (χ0n) is 8.35. The molecule has 0 spiro atoms. The van der Waals surface area contributed by atoms with E-state index in [1.807, 2.05) is 64.2 Å². The van der Waals surface area contributed by atoms with Crippen LogP contribution in [-0.2, 0) is 25.8 Å². The standard InChI is InChI=1S/2C5H5.2CH3.Sc/c2*1-2-4-5-3-1;;;/h2*1-5H;2*1H3;/q;;2*-1;. The largest absolute Gasteiger partial charge is 0.358 e. The summed E-state index contributed by atoms with van der Waals surface area (Å²) in [7, 11) is 0. The second-order valence-electron chi connectivity index (χ2n) is 1.92. The average molecular weight is 205 g/mol. The normalized spacial score (nSPS) is 18.5. The van der Waals surface area contributed by atoms with E-state index in [4.69, 9.17) is 0 Å². The van der Waals surface area contributed by atoms with Crippen LogP contribution in [0.15, 0.2) is 0 Å². The van der Waals surface area contributed by atoms with Gasteiger partial charge in [0, 0.05) is 25.8 Å². The Labute approximate surface area is 105 Å². The van der Waals surface area contributed by atoms with E-state index in [1.54, 1.807) is 0 Å². The van der Waals surface area contributed by atoms with E-state index in [9.17, 15) is 0 Å². The van der Waals surface area contributed by atoms with E-state index in [-0.39, 0.29) is 40.7 Å². The van der Waals surface area contributed by atoms with Crippen molar-refractivity contribution in [2.75, 3.05) is 0 Å². The van der Waals surface area contributed by atoms with Crippen LogP contribution in [-0.4, -0.2) is 0 Å². The fourth-order valence-corrected chi connectivity index (χ4v) is 0.642. The van der Waals surface area contributed by atoms with Gasteiger partial charge in [-0.2, -0.15) is 0 Å². The molecule has 0 atom stereocenters. The van der Waals surface area contributed by atoms with Crippen molar-refractivity contribution in [3.05, 3.63) is 79.1 Å². The summed E-state index contributed by atoms with van der Waals surface area (Å²) < 4.78 is 0. The molecular formula is C12H16Sc-2. The molecule has 69 valence electrons. The molecule has 2 rings (SSSR count). The van der Waals surface area contributed by atoms with Crippen molar-refractivity contribution < 1.29 is 25.8 Å². The monoisotopic (exact) mass is 205 g/mol. The number of hydrogen-bond donors (Lipinski definition) is 0. The topological polar surface area (TPSA) is 0 Å². The Morgan fingerprint density at radius 1 is 0.308 bits per heavy atom. The third kappa shape index (κ3) is 12.9. The van der Waals surface area contributed by atoms with Gasteiger partial charge in [0.2, 0.25) is 0 Å². The van der Waals surface area contributed by atoms with Crippen molar-refractivity contribution in [3.63, 3.8) is 0 Å². The maximum absolute atomic E-state index is 2.00. The molecule has 11 radical (unpaired) electrons. The molecule has 0 aliphatic heterocycles. The minimum absolute atomic E-state index is 0. The Bertz CT molecular complexity index is 38.3. The third-order valence-electron chi connectivity index (χ3n) is 1.11. The van der Waals surface area contributed by atoms with Crippen LogP contribution in [0.5, 0.6) is 0 Å². The molecule has 1 heteroatoms. The van der Waals surface area contributed by atoms with Crippen LogP contribution in [0.2, 0.25) is 0 Å². The van der Waals surface area contributed by atoms with Gasteiger partial charge in [-0.05, 0) is 64.2 Å². The van der Waals surface area contributed by atoms with Gasteiger partial charge in [0.15, 0.2) is 0 Å². The zero-order valence-corrected chi connectivity index (χ0v) is 10.2. The van der Waals surface area contributed by atoms with Crippen molar-refractivity contribution in [1.29, 1.82) is 0 Å². The second kappa shape index (κ2) is 15.3. The predicted octanol–water partition coefficient (Wildman–Crippen LogP) is 2.94. The fraction of sp³-hybridized carbons (Fsp3) is 0. The predicted molar refractivity (Wildman–Crippen MR) is 55.8 cm³/mol. The van der Waals surface area contributed by atoms with E-state index in [1.165, 1.54) is 0 Å². The first-order valence-corrected chi connectivity index (χ1v) is 3.33. The molecule has 13 heavy (non-hydrogen) atoms. The Morgan fingerprint density at radius 2 is 0.385 bits per heavy atom. The molecule has 2 aliphatic rings. The van der Waals surface area contributed by atoms with E-state index in [0.717, 1.165) is 0 Å². The van der Waals surface area contributed by atoms with Gasteiger partial charge >= 0.3 is 0 Å². The summed E-state index contributed by atoms with van der Waals surface area (Å²) in [6, 6.07) is 0. The van der Waals surface area contributed by atoms with Crippen molar-refractivity contribution >= 4 is 0 Å². The fourth-order valence-electron chi connectivity index (χ4n) is 0.642. The van der Waals surface area contributed by atoms with Crippen molar-refractivity contribution in [3.8, 4) is 0 Å². The van der Waals surface area contributed by atoms with Crippen molar-refractivity contribution in [2.24, 2.45) is 0 Å². The van der Waals surface area contributed by atoms with Crippen molar-refractivity contribution in [1.82, 2.24) is 0 Å². The Balaban J connectivity index is -0.000000125. The molecule has 0 bridgehead atoms. The van der Waals surface area contributed by atoms with Crippen LogP contribution in [0.25, 0.3) is 0 Å². The molecule has 2 saturated carbocycles. The van der Waals surface area contributed by atoms with Gasteiger partial charge in [0.1, 0.15) is 0 Å². The molecule has 2 fully saturated rings. The summed E-state index contributed by atoms with van der Waals surface area (Å²) in [4.78, 5) is 0. The third-order valence-corrected chi connectivity index (χ3v) is 1.11. The minimum atomic E-state index is 0. The van der Waals surface area contributed by atoms with E-state index >= 15 is 0 Å². The Kier molecular flexibility index (Phi) is 23.0. The van der Waals surface area contributed by atoms with Crippen LogP contribution in [0, 0.1) is 79.1 Å². The van der Waals surface area contributed by atoms with Crippen LogP contribution >= 0.6 is 0 Å². The Morgan fingerprint density at radius 3 is 0.462 bits per heavy atom. The summed E-state index contributed by atoms with van der Waals surface area (Å²) in [5.41, 5.74) is 0. The van der Waals surface area contributed by atoms with Gasteiger partial charge in [-0.15, -0.1) is 0 Å². The molecular weight excluding hydrogens is 189 g/mol. The summed E-state index contributed by atoms with van der Waals surface area (Å²) in [5, 5.41) is 0. The van der Waals surface area contributed by atoms with Gasteiger partial charge in [-0.1, -0.05) is 0 Å². The smallest absolute Gasteiger partial charge is 0 e. The summed E-state index contributed by atoms with van der Waals surface area (Å²) in [6.07, 6.45) is 20.0.